The van der Waals surface area contributed by atoms with E-state index in [9.17, 15) is 0 Å². The normalized spacial score (nSPS) is 13.6. The molecule has 0 radical (unpaired) electrons. The van der Waals surface area contributed by atoms with Gasteiger partial charge in [-0.05, 0) is 13.8 Å². The predicted molar refractivity (Wildman–Crippen MR) is 37.4 cm³/mol. The van der Waals surface area contributed by atoms with Gasteiger partial charge in [0.2, 0.25) is 0 Å². The molecular formula is C5H13NSi. The first-order chi connectivity index (χ1) is 3.18. The SMILES string of the molecule is CNC(C)=C(C)[SiH3]. The molecule has 0 unspecified atom stereocenters. The maximum atomic E-state index is 3.08. The van der Waals surface area contributed by atoms with Crippen LogP contribution in [0.2, 0.25) is 0 Å². The Hall–Kier alpha value is -0.243. The summed E-state index contributed by atoms with van der Waals surface area (Å²) in [5.74, 6) is 0. The van der Waals surface area contributed by atoms with Gasteiger partial charge in [-0.3, -0.25) is 0 Å². The summed E-state index contributed by atoms with van der Waals surface area (Å²) in [5, 5.41) is 4.57. The Labute approximate surface area is 48.2 Å². The predicted octanol–water partition coefficient (Wildman–Crippen LogP) is -0.177. The molecule has 0 aromatic heterocycles. The van der Waals surface area contributed by atoms with Gasteiger partial charge >= 0.3 is 0 Å². The summed E-state index contributed by atoms with van der Waals surface area (Å²) < 4.78 is 0. The van der Waals surface area contributed by atoms with Crippen LogP contribution in [0.4, 0.5) is 0 Å². The van der Waals surface area contributed by atoms with Crippen LogP contribution in [0.15, 0.2) is 10.9 Å². The number of hydrogen-bond donors (Lipinski definition) is 1. The molecule has 0 rings (SSSR count). The number of hydrogen-bond acceptors (Lipinski definition) is 1. The maximum Gasteiger partial charge on any atom is 0.0351 e. The van der Waals surface area contributed by atoms with Crippen molar-refractivity contribution in [2.24, 2.45) is 0 Å². The third-order valence-corrected chi connectivity index (χ3v) is 1.88. The lowest BCUT2D eigenvalue weighted by molar-refractivity contribution is 0.978. The van der Waals surface area contributed by atoms with Crippen LogP contribution < -0.4 is 5.32 Å². The second-order valence-corrected chi connectivity index (χ2v) is 3.38. The van der Waals surface area contributed by atoms with Crippen LogP contribution in [-0.2, 0) is 0 Å². The third kappa shape index (κ3) is 2.45. The smallest absolute Gasteiger partial charge is 0.0351 e. The molecule has 0 aliphatic heterocycles. The highest BCUT2D eigenvalue weighted by Gasteiger charge is 1.81. The van der Waals surface area contributed by atoms with Gasteiger partial charge in [-0.25, -0.2) is 0 Å². The molecule has 0 bridgehead atoms. The van der Waals surface area contributed by atoms with E-state index in [1.54, 1.807) is 0 Å². The van der Waals surface area contributed by atoms with Gasteiger partial charge in [0.25, 0.3) is 0 Å². The van der Waals surface area contributed by atoms with E-state index in [-0.39, 0.29) is 0 Å². The van der Waals surface area contributed by atoms with E-state index in [2.05, 4.69) is 19.2 Å². The quantitative estimate of drug-likeness (QED) is 0.468. The van der Waals surface area contributed by atoms with Crippen LogP contribution in [0.3, 0.4) is 0 Å². The van der Waals surface area contributed by atoms with Gasteiger partial charge in [0, 0.05) is 23.0 Å². The average Bonchev–Trinajstić information content (AvgIpc) is 1.65. The summed E-state index contributed by atoms with van der Waals surface area (Å²) in [6.45, 7) is 4.25. The van der Waals surface area contributed by atoms with Gasteiger partial charge in [-0.1, -0.05) is 5.20 Å². The first-order valence-corrected chi connectivity index (χ1v) is 3.50. The molecule has 2 heteroatoms. The summed E-state index contributed by atoms with van der Waals surface area (Å²) in [6, 6.07) is 0. The Morgan fingerprint density at radius 2 is 1.86 bits per heavy atom. The summed E-state index contributed by atoms with van der Waals surface area (Å²) >= 11 is 0. The van der Waals surface area contributed by atoms with Crippen molar-refractivity contribution in [1.82, 2.24) is 5.32 Å². The largest absolute Gasteiger partial charge is 0.392 e. The van der Waals surface area contributed by atoms with Gasteiger partial charge < -0.3 is 5.32 Å². The fraction of sp³-hybridized carbons (Fsp3) is 0.600. The molecule has 0 saturated carbocycles. The molecule has 0 aromatic carbocycles. The van der Waals surface area contributed by atoms with Crippen molar-refractivity contribution >= 4 is 10.2 Å². The number of nitrogens with one attached hydrogen (secondary N) is 1. The molecule has 0 heterocycles. The van der Waals surface area contributed by atoms with Crippen molar-refractivity contribution in [2.75, 3.05) is 7.05 Å². The Bertz CT molecular complexity index is 82.1. The van der Waals surface area contributed by atoms with E-state index >= 15 is 0 Å². The average molecular weight is 115 g/mol. The van der Waals surface area contributed by atoms with Crippen LogP contribution in [0.25, 0.3) is 0 Å². The Kier molecular flexibility index (Phi) is 2.75. The van der Waals surface area contributed by atoms with Gasteiger partial charge in [-0.15, -0.1) is 0 Å². The molecule has 0 saturated heterocycles. The van der Waals surface area contributed by atoms with Crippen molar-refractivity contribution in [3.05, 3.63) is 10.9 Å². The molecule has 0 spiro atoms. The van der Waals surface area contributed by atoms with Crippen molar-refractivity contribution < 1.29 is 0 Å². The minimum absolute atomic E-state index is 1.18. The first-order valence-electron chi connectivity index (χ1n) is 2.50. The molecule has 0 aliphatic carbocycles. The van der Waals surface area contributed by atoms with Crippen LogP contribution in [0, 0.1) is 0 Å². The molecule has 1 nitrogen and oxygen atoms in total. The molecule has 0 aromatic rings. The topological polar surface area (TPSA) is 12.0 Å². The van der Waals surface area contributed by atoms with Crippen LogP contribution in [0.1, 0.15) is 13.8 Å². The highest BCUT2D eigenvalue weighted by molar-refractivity contribution is 6.21. The molecule has 0 aliphatic rings. The monoisotopic (exact) mass is 115 g/mol. The lowest BCUT2D eigenvalue weighted by Gasteiger charge is -1.98. The molecule has 0 amide bonds. The number of rotatable bonds is 1. The molecule has 1 N–H and O–H groups in total. The van der Waals surface area contributed by atoms with E-state index in [1.807, 2.05) is 7.05 Å². The standard InChI is InChI=1S/C5H13NSi/c1-4(6-3)5(2)7/h6H,1-3,7H3. The van der Waals surface area contributed by atoms with E-state index in [0.29, 0.717) is 0 Å². The van der Waals surface area contributed by atoms with E-state index in [4.69, 9.17) is 0 Å². The lowest BCUT2D eigenvalue weighted by Crippen LogP contribution is -2.03. The number of allylic oxidation sites excluding steroid dienone is 2. The highest BCUT2D eigenvalue weighted by Crippen LogP contribution is 1.89. The molecule has 0 atom stereocenters. The zero-order valence-electron chi connectivity index (χ0n) is 5.50. The maximum absolute atomic E-state index is 3.08. The summed E-state index contributed by atoms with van der Waals surface area (Å²) in [7, 11) is 3.13. The van der Waals surface area contributed by atoms with Crippen molar-refractivity contribution in [3.8, 4) is 0 Å². The van der Waals surface area contributed by atoms with Gasteiger partial charge in [0.05, 0.1) is 0 Å². The second kappa shape index (κ2) is 2.85. The Morgan fingerprint density at radius 3 is 1.86 bits per heavy atom. The zero-order chi connectivity index (χ0) is 5.86. The summed E-state index contributed by atoms with van der Waals surface area (Å²) in [5.41, 5.74) is 1.33. The zero-order valence-corrected chi connectivity index (χ0v) is 7.50. The van der Waals surface area contributed by atoms with Crippen molar-refractivity contribution in [3.63, 3.8) is 0 Å². The third-order valence-electron chi connectivity index (χ3n) is 1.12. The minimum Gasteiger partial charge on any atom is -0.392 e. The summed E-state index contributed by atoms with van der Waals surface area (Å²) in [6.07, 6.45) is 0. The minimum atomic E-state index is 1.18. The van der Waals surface area contributed by atoms with E-state index in [1.165, 1.54) is 21.1 Å². The fourth-order valence-corrected chi connectivity index (χ4v) is 0.500. The van der Waals surface area contributed by atoms with Gasteiger partial charge in [0.15, 0.2) is 0 Å². The van der Waals surface area contributed by atoms with E-state index in [0.717, 1.165) is 0 Å². The fourth-order valence-electron chi connectivity index (χ4n) is 0.250. The van der Waals surface area contributed by atoms with Crippen molar-refractivity contribution in [2.45, 2.75) is 13.8 Å². The molecule has 0 fully saturated rings. The van der Waals surface area contributed by atoms with Crippen LogP contribution in [0.5, 0.6) is 0 Å². The lowest BCUT2D eigenvalue weighted by atomic mass is 10.5. The first kappa shape index (κ1) is 6.76. The van der Waals surface area contributed by atoms with Gasteiger partial charge in [-0.2, -0.15) is 0 Å². The molecule has 42 valence electrons. The molecule has 7 heavy (non-hydrogen) atoms. The highest BCUT2D eigenvalue weighted by atomic mass is 28.1. The van der Waals surface area contributed by atoms with Gasteiger partial charge in [0.1, 0.15) is 0 Å². The van der Waals surface area contributed by atoms with Crippen LogP contribution in [-0.4, -0.2) is 17.3 Å². The van der Waals surface area contributed by atoms with E-state index < -0.39 is 0 Å². The molecular weight excluding hydrogens is 102 g/mol. The van der Waals surface area contributed by atoms with Crippen LogP contribution >= 0.6 is 0 Å². The van der Waals surface area contributed by atoms with Crippen molar-refractivity contribution in [1.29, 1.82) is 0 Å². The summed E-state index contributed by atoms with van der Waals surface area (Å²) in [4.78, 5) is 0. The Balaban J connectivity index is 3.72. The Morgan fingerprint density at radius 1 is 1.43 bits per heavy atom. The second-order valence-electron chi connectivity index (χ2n) is 1.88.